The summed E-state index contributed by atoms with van der Waals surface area (Å²) in [5, 5.41) is 2.91. The number of sulfonamides is 1. The van der Waals surface area contributed by atoms with Gasteiger partial charge in [0.05, 0.1) is 10.9 Å². The fourth-order valence-electron chi connectivity index (χ4n) is 3.17. The van der Waals surface area contributed by atoms with Crippen molar-refractivity contribution in [3.63, 3.8) is 0 Å². The van der Waals surface area contributed by atoms with Crippen LogP contribution in [-0.4, -0.2) is 61.8 Å². The summed E-state index contributed by atoms with van der Waals surface area (Å²) in [5.41, 5.74) is 1.15. The van der Waals surface area contributed by atoms with Crippen molar-refractivity contribution in [2.75, 3.05) is 26.2 Å². The Morgan fingerprint density at radius 2 is 1.65 bits per heavy atom. The van der Waals surface area contributed by atoms with E-state index in [4.69, 9.17) is 0 Å². The molecule has 1 aliphatic heterocycles. The first-order chi connectivity index (χ1) is 12.3. The number of hydrogen-bond acceptors (Lipinski definition) is 4. The predicted molar refractivity (Wildman–Crippen MR) is 104 cm³/mol. The predicted octanol–water partition coefficient (Wildman–Crippen LogP) is 1.86. The van der Waals surface area contributed by atoms with Crippen molar-refractivity contribution in [1.29, 1.82) is 0 Å². The SMILES string of the molecule is CCCc1ccc(S(=O)(=O)N2CCN([C@@H](C)C(=O)NC(C)C)CC2)cc1. The number of carbonyl (C=O) groups excluding carboxylic acids is 1. The second-order valence-corrected chi connectivity index (χ2v) is 9.11. The van der Waals surface area contributed by atoms with Crippen molar-refractivity contribution in [3.05, 3.63) is 29.8 Å². The molecule has 1 amide bonds. The van der Waals surface area contributed by atoms with Crippen molar-refractivity contribution in [2.45, 2.75) is 57.5 Å². The van der Waals surface area contributed by atoms with E-state index in [1.54, 1.807) is 12.1 Å². The first-order valence-corrected chi connectivity index (χ1v) is 10.8. The van der Waals surface area contributed by atoms with Gasteiger partial charge in [-0.3, -0.25) is 9.69 Å². The van der Waals surface area contributed by atoms with Gasteiger partial charge in [-0.2, -0.15) is 4.31 Å². The van der Waals surface area contributed by atoms with Crippen LogP contribution in [0, 0.1) is 0 Å². The zero-order chi connectivity index (χ0) is 19.3. The molecule has 0 radical (unpaired) electrons. The van der Waals surface area contributed by atoms with Crippen LogP contribution in [0.3, 0.4) is 0 Å². The molecular weight excluding hydrogens is 350 g/mol. The highest BCUT2D eigenvalue weighted by Gasteiger charge is 2.31. The summed E-state index contributed by atoms with van der Waals surface area (Å²) in [6.45, 7) is 9.75. The van der Waals surface area contributed by atoms with Crippen LogP contribution in [-0.2, 0) is 21.2 Å². The maximum Gasteiger partial charge on any atom is 0.243 e. The number of amides is 1. The van der Waals surface area contributed by atoms with E-state index in [-0.39, 0.29) is 18.0 Å². The largest absolute Gasteiger partial charge is 0.353 e. The Bertz CT molecular complexity index is 693. The molecule has 0 unspecified atom stereocenters. The quantitative estimate of drug-likeness (QED) is 0.783. The van der Waals surface area contributed by atoms with Crippen molar-refractivity contribution >= 4 is 15.9 Å². The van der Waals surface area contributed by atoms with Gasteiger partial charge in [-0.1, -0.05) is 25.5 Å². The number of rotatable bonds is 7. The van der Waals surface area contributed by atoms with Crippen molar-refractivity contribution in [2.24, 2.45) is 0 Å². The molecule has 1 heterocycles. The van der Waals surface area contributed by atoms with Gasteiger partial charge in [0.1, 0.15) is 0 Å². The highest BCUT2D eigenvalue weighted by molar-refractivity contribution is 7.89. The van der Waals surface area contributed by atoms with E-state index in [0.29, 0.717) is 31.1 Å². The third-order valence-electron chi connectivity index (χ3n) is 4.73. The minimum atomic E-state index is -3.48. The Kier molecular flexibility index (Phi) is 7.20. The zero-order valence-corrected chi connectivity index (χ0v) is 17.1. The molecular formula is C19H31N3O3S. The minimum absolute atomic E-state index is 0.0113. The molecule has 1 fully saturated rings. The monoisotopic (exact) mass is 381 g/mol. The molecule has 146 valence electrons. The molecule has 26 heavy (non-hydrogen) atoms. The number of nitrogens with one attached hydrogen (secondary N) is 1. The summed E-state index contributed by atoms with van der Waals surface area (Å²) in [5.74, 6) is -0.0113. The average Bonchev–Trinajstić information content (AvgIpc) is 2.61. The topological polar surface area (TPSA) is 69.7 Å². The van der Waals surface area contributed by atoms with Gasteiger partial charge < -0.3 is 5.32 Å². The van der Waals surface area contributed by atoms with Gasteiger partial charge in [0.25, 0.3) is 0 Å². The summed E-state index contributed by atoms with van der Waals surface area (Å²) >= 11 is 0. The molecule has 0 spiro atoms. The first-order valence-electron chi connectivity index (χ1n) is 9.39. The van der Waals surface area contributed by atoms with E-state index in [1.165, 1.54) is 4.31 Å². The van der Waals surface area contributed by atoms with E-state index in [0.717, 1.165) is 18.4 Å². The number of hydrogen-bond donors (Lipinski definition) is 1. The number of aryl methyl sites for hydroxylation is 1. The third kappa shape index (κ3) is 5.05. The van der Waals surface area contributed by atoms with Gasteiger partial charge in [0.2, 0.25) is 15.9 Å². The highest BCUT2D eigenvalue weighted by Crippen LogP contribution is 2.19. The summed E-state index contributed by atoms with van der Waals surface area (Å²) < 4.78 is 27.2. The van der Waals surface area contributed by atoms with Gasteiger partial charge in [-0.05, 0) is 44.9 Å². The molecule has 7 heteroatoms. The van der Waals surface area contributed by atoms with E-state index >= 15 is 0 Å². The van der Waals surface area contributed by atoms with Gasteiger partial charge in [-0.25, -0.2) is 8.42 Å². The van der Waals surface area contributed by atoms with Gasteiger partial charge >= 0.3 is 0 Å². The lowest BCUT2D eigenvalue weighted by Crippen LogP contribution is -2.55. The van der Waals surface area contributed by atoms with Crippen LogP contribution in [0.1, 0.15) is 39.7 Å². The third-order valence-corrected chi connectivity index (χ3v) is 6.64. The Hall–Kier alpha value is -1.44. The van der Waals surface area contributed by atoms with Crippen LogP contribution in [0.25, 0.3) is 0 Å². The van der Waals surface area contributed by atoms with E-state index in [2.05, 4.69) is 12.2 Å². The molecule has 1 atom stereocenters. The summed E-state index contributed by atoms with van der Waals surface area (Å²) in [4.78, 5) is 14.5. The second kappa shape index (κ2) is 8.97. The van der Waals surface area contributed by atoms with Crippen LogP contribution >= 0.6 is 0 Å². The van der Waals surface area contributed by atoms with Crippen molar-refractivity contribution in [1.82, 2.24) is 14.5 Å². The molecule has 1 aliphatic rings. The lowest BCUT2D eigenvalue weighted by molar-refractivity contribution is -0.126. The normalized spacial score (nSPS) is 18.0. The summed E-state index contributed by atoms with van der Waals surface area (Å²) in [6.07, 6.45) is 1.99. The lowest BCUT2D eigenvalue weighted by Gasteiger charge is -2.37. The Morgan fingerprint density at radius 1 is 1.08 bits per heavy atom. The first kappa shape index (κ1) is 20.9. The van der Waals surface area contributed by atoms with E-state index < -0.39 is 10.0 Å². The minimum Gasteiger partial charge on any atom is -0.353 e. The maximum absolute atomic E-state index is 12.8. The molecule has 2 rings (SSSR count). The van der Waals surface area contributed by atoms with Crippen molar-refractivity contribution < 1.29 is 13.2 Å². The fourth-order valence-corrected chi connectivity index (χ4v) is 4.59. The maximum atomic E-state index is 12.8. The lowest BCUT2D eigenvalue weighted by atomic mass is 10.1. The molecule has 0 aromatic heterocycles. The molecule has 0 saturated carbocycles. The van der Waals surface area contributed by atoms with Gasteiger partial charge in [0, 0.05) is 32.2 Å². The number of piperazine rings is 1. The number of benzene rings is 1. The van der Waals surface area contributed by atoms with Gasteiger partial charge in [-0.15, -0.1) is 0 Å². The van der Waals surface area contributed by atoms with Crippen LogP contribution in [0.4, 0.5) is 0 Å². The molecule has 0 aliphatic carbocycles. The molecule has 1 saturated heterocycles. The second-order valence-electron chi connectivity index (χ2n) is 7.17. The Morgan fingerprint density at radius 3 is 2.15 bits per heavy atom. The highest BCUT2D eigenvalue weighted by atomic mass is 32.2. The Labute approximate surface area is 157 Å². The molecule has 1 N–H and O–H groups in total. The fraction of sp³-hybridized carbons (Fsp3) is 0.632. The zero-order valence-electron chi connectivity index (χ0n) is 16.2. The number of carbonyl (C=O) groups is 1. The summed E-state index contributed by atoms with van der Waals surface area (Å²) in [7, 11) is -3.48. The van der Waals surface area contributed by atoms with Crippen LogP contribution < -0.4 is 5.32 Å². The van der Waals surface area contributed by atoms with Crippen molar-refractivity contribution in [3.8, 4) is 0 Å². The molecule has 0 bridgehead atoms. The molecule has 1 aromatic rings. The number of nitrogens with zero attached hydrogens (tertiary/aromatic N) is 2. The smallest absolute Gasteiger partial charge is 0.243 e. The molecule has 6 nitrogen and oxygen atoms in total. The van der Waals surface area contributed by atoms with Crippen LogP contribution in [0.5, 0.6) is 0 Å². The summed E-state index contributed by atoms with van der Waals surface area (Å²) in [6, 6.07) is 7.03. The van der Waals surface area contributed by atoms with E-state index in [1.807, 2.05) is 37.8 Å². The standard InChI is InChI=1S/C19H31N3O3S/c1-5-6-17-7-9-18(10-8-17)26(24,25)22-13-11-21(12-14-22)16(4)19(23)20-15(2)3/h7-10,15-16H,5-6,11-14H2,1-4H3,(H,20,23)/t16-/m0/s1. The van der Waals surface area contributed by atoms with E-state index in [9.17, 15) is 13.2 Å². The molecule has 1 aromatic carbocycles. The Balaban J connectivity index is 1.98. The average molecular weight is 382 g/mol. The van der Waals surface area contributed by atoms with Gasteiger partial charge in [0.15, 0.2) is 0 Å². The van der Waals surface area contributed by atoms with Crippen LogP contribution in [0.2, 0.25) is 0 Å². The van der Waals surface area contributed by atoms with Crippen LogP contribution in [0.15, 0.2) is 29.2 Å².